The van der Waals surface area contributed by atoms with E-state index in [1.807, 2.05) is 41.3 Å². The number of hydrogen-bond donors (Lipinski definition) is 1. The van der Waals surface area contributed by atoms with Crippen LogP contribution in [-0.4, -0.2) is 50.1 Å². The molecule has 0 saturated carbocycles. The molecule has 1 saturated heterocycles. The highest BCUT2D eigenvalue weighted by atomic mass is 16.5. The lowest BCUT2D eigenvalue weighted by Crippen LogP contribution is -2.46. The van der Waals surface area contributed by atoms with E-state index in [0.717, 1.165) is 18.4 Å². The summed E-state index contributed by atoms with van der Waals surface area (Å²) in [6.07, 6.45) is 4.89. The van der Waals surface area contributed by atoms with Crippen molar-refractivity contribution in [1.82, 2.24) is 10.2 Å². The predicted octanol–water partition coefficient (Wildman–Crippen LogP) is 3.14. The van der Waals surface area contributed by atoms with E-state index in [1.54, 1.807) is 38.5 Å². The highest BCUT2D eigenvalue weighted by Gasteiger charge is 2.23. The molecule has 152 valence electrons. The fraction of sp³-hybridized carbons (Fsp3) is 0.304. The second kappa shape index (κ2) is 9.78. The van der Waals surface area contributed by atoms with Gasteiger partial charge in [0, 0.05) is 30.8 Å². The van der Waals surface area contributed by atoms with Crippen molar-refractivity contribution in [3.8, 4) is 11.5 Å². The number of carbonyl (C=O) groups is 2. The lowest BCUT2D eigenvalue weighted by molar-refractivity contribution is -0.126. The minimum absolute atomic E-state index is 0.00137. The van der Waals surface area contributed by atoms with Crippen LogP contribution in [0, 0.1) is 0 Å². The molecule has 1 heterocycles. The second-order valence-corrected chi connectivity index (χ2v) is 6.89. The van der Waals surface area contributed by atoms with Gasteiger partial charge in [-0.1, -0.05) is 30.3 Å². The molecule has 0 unspecified atom stereocenters. The van der Waals surface area contributed by atoms with E-state index < -0.39 is 0 Å². The first-order valence-corrected chi connectivity index (χ1v) is 9.65. The minimum atomic E-state index is -0.153. The molecule has 2 amide bonds. The number of rotatable bonds is 6. The van der Waals surface area contributed by atoms with Gasteiger partial charge in [-0.25, -0.2) is 0 Å². The monoisotopic (exact) mass is 394 g/mol. The van der Waals surface area contributed by atoms with Gasteiger partial charge in [-0.3, -0.25) is 9.59 Å². The van der Waals surface area contributed by atoms with E-state index in [1.165, 1.54) is 0 Å². The molecule has 29 heavy (non-hydrogen) atoms. The number of likely N-dealkylation sites (tertiary alicyclic amines) is 1. The number of methoxy groups -OCH3 is 2. The third-order valence-electron chi connectivity index (χ3n) is 5.01. The van der Waals surface area contributed by atoms with Crippen LogP contribution in [0.25, 0.3) is 6.08 Å². The summed E-state index contributed by atoms with van der Waals surface area (Å²) in [4.78, 5) is 26.8. The molecule has 2 aromatic rings. The average Bonchev–Trinajstić information content (AvgIpc) is 2.78. The van der Waals surface area contributed by atoms with Crippen LogP contribution in [0.15, 0.2) is 54.6 Å². The number of nitrogens with one attached hydrogen (secondary N) is 1. The van der Waals surface area contributed by atoms with Crippen LogP contribution >= 0.6 is 0 Å². The van der Waals surface area contributed by atoms with Crippen molar-refractivity contribution >= 4 is 17.9 Å². The Morgan fingerprint density at radius 3 is 2.34 bits per heavy atom. The van der Waals surface area contributed by atoms with Crippen molar-refractivity contribution in [3.05, 3.63) is 65.7 Å². The molecule has 6 heteroatoms. The maximum absolute atomic E-state index is 12.6. The van der Waals surface area contributed by atoms with Crippen molar-refractivity contribution in [1.29, 1.82) is 0 Å². The van der Waals surface area contributed by atoms with Crippen molar-refractivity contribution in [2.24, 2.45) is 0 Å². The Balaban J connectivity index is 1.51. The predicted molar refractivity (Wildman–Crippen MR) is 112 cm³/mol. The summed E-state index contributed by atoms with van der Waals surface area (Å²) in [6.45, 7) is 1.24. The van der Waals surface area contributed by atoms with Crippen LogP contribution in [-0.2, 0) is 4.79 Å². The maximum atomic E-state index is 12.6. The number of ether oxygens (including phenoxy) is 2. The van der Waals surface area contributed by atoms with Crippen LogP contribution in [0.5, 0.6) is 11.5 Å². The Bertz CT molecular complexity index is 872. The van der Waals surface area contributed by atoms with E-state index in [2.05, 4.69) is 5.32 Å². The number of nitrogens with zero attached hydrogens (tertiary/aromatic N) is 1. The summed E-state index contributed by atoms with van der Waals surface area (Å²) < 4.78 is 10.5. The average molecular weight is 394 g/mol. The normalized spacial score (nSPS) is 14.6. The molecule has 1 aliphatic heterocycles. The van der Waals surface area contributed by atoms with Crippen LogP contribution in [0.1, 0.15) is 28.8 Å². The fourth-order valence-electron chi connectivity index (χ4n) is 3.33. The van der Waals surface area contributed by atoms with E-state index in [4.69, 9.17) is 9.47 Å². The van der Waals surface area contributed by atoms with E-state index in [-0.39, 0.29) is 17.9 Å². The lowest BCUT2D eigenvalue weighted by Gasteiger charge is -2.31. The van der Waals surface area contributed by atoms with Crippen LogP contribution in [0.2, 0.25) is 0 Å². The van der Waals surface area contributed by atoms with Crippen molar-refractivity contribution in [2.45, 2.75) is 18.9 Å². The molecule has 1 N–H and O–H groups in total. The summed E-state index contributed by atoms with van der Waals surface area (Å²) in [7, 11) is 3.10. The van der Waals surface area contributed by atoms with Gasteiger partial charge in [-0.05, 0) is 42.7 Å². The minimum Gasteiger partial charge on any atom is -0.493 e. The Morgan fingerprint density at radius 2 is 1.69 bits per heavy atom. The number of carbonyl (C=O) groups excluding carboxylic acids is 2. The first-order chi connectivity index (χ1) is 14.1. The number of benzene rings is 2. The van der Waals surface area contributed by atoms with E-state index in [0.29, 0.717) is 30.2 Å². The maximum Gasteiger partial charge on any atom is 0.251 e. The Morgan fingerprint density at radius 1 is 1.00 bits per heavy atom. The summed E-state index contributed by atoms with van der Waals surface area (Å²) in [5, 5.41) is 3.05. The molecule has 0 aliphatic carbocycles. The molecule has 0 spiro atoms. The lowest BCUT2D eigenvalue weighted by atomic mass is 10.0. The van der Waals surface area contributed by atoms with Crippen molar-refractivity contribution in [2.75, 3.05) is 27.3 Å². The van der Waals surface area contributed by atoms with Gasteiger partial charge >= 0.3 is 0 Å². The zero-order valence-corrected chi connectivity index (χ0v) is 16.8. The molecule has 6 nitrogen and oxygen atoms in total. The third kappa shape index (κ3) is 5.38. The van der Waals surface area contributed by atoms with Gasteiger partial charge in [0.2, 0.25) is 5.91 Å². The summed E-state index contributed by atoms with van der Waals surface area (Å²) >= 11 is 0. The van der Waals surface area contributed by atoms with Gasteiger partial charge in [0.05, 0.1) is 14.2 Å². The molecule has 0 aromatic heterocycles. The Kier molecular flexibility index (Phi) is 6.89. The van der Waals surface area contributed by atoms with Gasteiger partial charge in [-0.2, -0.15) is 0 Å². The van der Waals surface area contributed by atoms with Crippen LogP contribution in [0.3, 0.4) is 0 Å². The number of amides is 2. The van der Waals surface area contributed by atoms with Gasteiger partial charge in [-0.15, -0.1) is 0 Å². The zero-order chi connectivity index (χ0) is 20.6. The summed E-state index contributed by atoms with van der Waals surface area (Å²) in [5.74, 6) is 0.948. The molecule has 0 radical (unpaired) electrons. The molecule has 0 bridgehead atoms. The van der Waals surface area contributed by atoms with Crippen molar-refractivity contribution < 1.29 is 19.1 Å². The molecule has 3 rings (SSSR count). The van der Waals surface area contributed by atoms with Crippen molar-refractivity contribution in [3.63, 3.8) is 0 Å². The molecule has 1 fully saturated rings. The molecule has 1 aliphatic rings. The second-order valence-electron chi connectivity index (χ2n) is 6.89. The Labute approximate surface area is 171 Å². The molecule has 2 aromatic carbocycles. The quantitative estimate of drug-likeness (QED) is 0.765. The van der Waals surface area contributed by atoms with Gasteiger partial charge in [0.15, 0.2) is 11.5 Å². The SMILES string of the molecule is COc1ccc(C(=O)NC2CCN(C(=O)/C=C/c3ccccc3)CC2)cc1OC. The van der Waals surface area contributed by atoms with Crippen LogP contribution < -0.4 is 14.8 Å². The molecule has 0 atom stereocenters. The highest BCUT2D eigenvalue weighted by Crippen LogP contribution is 2.27. The van der Waals surface area contributed by atoms with E-state index in [9.17, 15) is 9.59 Å². The smallest absolute Gasteiger partial charge is 0.251 e. The molecular weight excluding hydrogens is 368 g/mol. The van der Waals surface area contributed by atoms with Gasteiger partial charge < -0.3 is 19.7 Å². The number of piperidine rings is 1. The zero-order valence-electron chi connectivity index (χ0n) is 16.8. The largest absolute Gasteiger partial charge is 0.493 e. The topological polar surface area (TPSA) is 67.9 Å². The van der Waals surface area contributed by atoms with E-state index >= 15 is 0 Å². The standard InChI is InChI=1S/C23H26N2O4/c1-28-20-10-9-18(16-21(20)29-2)23(27)24-19-12-14-25(15-13-19)22(26)11-8-17-6-4-3-5-7-17/h3-11,16,19H,12-15H2,1-2H3,(H,24,27)/b11-8+. The fourth-order valence-corrected chi connectivity index (χ4v) is 3.33. The summed E-state index contributed by atoms with van der Waals surface area (Å²) in [5.41, 5.74) is 1.52. The summed E-state index contributed by atoms with van der Waals surface area (Å²) in [6, 6.07) is 14.9. The Hall–Kier alpha value is -3.28. The number of hydrogen-bond acceptors (Lipinski definition) is 4. The molecular formula is C23H26N2O4. The first-order valence-electron chi connectivity index (χ1n) is 9.65. The van der Waals surface area contributed by atoms with Gasteiger partial charge in [0.25, 0.3) is 5.91 Å². The van der Waals surface area contributed by atoms with Gasteiger partial charge in [0.1, 0.15) is 0 Å². The third-order valence-corrected chi connectivity index (χ3v) is 5.01. The van der Waals surface area contributed by atoms with Crippen LogP contribution in [0.4, 0.5) is 0 Å². The first kappa shape index (κ1) is 20.5. The highest BCUT2D eigenvalue weighted by molar-refractivity contribution is 5.95.